The minimum atomic E-state index is -0.677. The van der Waals surface area contributed by atoms with Crippen LogP contribution in [0.15, 0.2) is 61.3 Å². The van der Waals surface area contributed by atoms with E-state index >= 15 is 8.78 Å². The molecule has 7 rings (SSSR count). The number of aromatic amines is 1. The first kappa shape index (κ1) is 24.3. The van der Waals surface area contributed by atoms with Crippen molar-refractivity contribution in [3.05, 3.63) is 89.5 Å². The zero-order valence-corrected chi connectivity index (χ0v) is 21.4. The number of nitrogens with zero attached hydrogens (tertiary/aromatic N) is 9. The van der Waals surface area contributed by atoms with E-state index in [1.54, 1.807) is 52.4 Å². The maximum atomic E-state index is 15.3. The normalized spacial score (nSPS) is 18.7. The lowest BCUT2D eigenvalue weighted by atomic mass is 9.92. The van der Waals surface area contributed by atoms with Gasteiger partial charge in [0.25, 0.3) is 0 Å². The molecule has 0 saturated carbocycles. The van der Waals surface area contributed by atoms with Crippen LogP contribution in [0.5, 0.6) is 0 Å². The van der Waals surface area contributed by atoms with Gasteiger partial charge in [-0.05, 0) is 65.6 Å². The number of amides is 1. The summed E-state index contributed by atoms with van der Waals surface area (Å²) < 4.78 is 33.3. The third-order valence-corrected chi connectivity index (χ3v) is 7.56. The summed E-state index contributed by atoms with van der Waals surface area (Å²) in [6.07, 6.45) is 9.26. The first-order valence-corrected chi connectivity index (χ1v) is 12.8. The van der Waals surface area contributed by atoms with Crippen molar-refractivity contribution in [3.8, 4) is 22.8 Å². The Morgan fingerprint density at radius 3 is 2.80 bits per heavy atom. The Balaban J connectivity index is 1.21. The number of carbonyl (C=O) groups is 1. The number of fused-ring (bicyclic) bond motifs is 1. The smallest absolute Gasteiger partial charge is 0.247 e. The van der Waals surface area contributed by atoms with Crippen molar-refractivity contribution in [1.82, 2.24) is 49.8 Å². The predicted molar refractivity (Wildman–Crippen MR) is 138 cm³/mol. The number of H-pyrrole nitrogens is 1. The Hall–Kier alpha value is -4.78. The van der Waals surface area contributed by atoms with Crippen LogP contribution in [-0.4, -0.2) is 61.8 Å². The summed E-state index contributed by atoms with van der Waals surface area (Å²) >= 11 is 6.11. The van der Waals surface area contributed by atoms with Crippen molar-refractivity contribution >= 4 is 23.1 Å². The molecule has 6 heterocycles. The average Bonchev–Trinajstić information content (AvgIpc) is 3.77. The second-order valence-electron chi connectivity index (χ2n) is 9.52. The molecule has 200 valence electrons. The molecule has 1 saturated heterocycles. The molecule has 40 heavy (non-hydrogen) atoms. The molecule has 0 spiro atoms. The molecule has 1 N–H and O–H groups in total. The summed E-state index contributed by atoms with van der Waals surface area (Å²) in [5.41, 5.74) is 1.78. The van der Waals surface area contributed by atoms with Crippen LogP contribution in [0, 0.1) is 11.8 Å². The van der Waals surface area contributed by atoms with Crippen LogP contribution in [0.3, 0.4) is 0 Å². The van der Waals surface area contributed by atoms with Gasteiger partial charge in [0.2, 0.25) is 11.9 Å². The SMILES string of the molecule is O=C1C=C(c2c(-n3cnnn3)ccc(Cl)c2F)C[C@H]2CC[C@@H](c3nc(F)c(-c4ccnc(-n5cccn5)c4)[nH]3)N12. The van der Waals surface area contributed by atoms with E-state index in [1.165, 1.54) is 23.2 Å². The van der Waals surface area contributed by atoms with Crippen molar-refractivity contribution in [2.75, 3.05) is 0 Å². The van der Waals surface area contributed by atoms with Gasteiger partial charge in [0.15, 0.2) is 11.6 Å². The molecule has 4 aromatic heterocycles. The first-order valence-electron chi connectivity index (χ1n) is 12.4. The second kappa shape index (κ2) is 9.45. The molecule has 5 aromatic rings. The summed E-state index contributed by atoms with van der Waals surface area (Å²) in [5, 5.41) is 15.2. The molecule has 0 bridgehead atoms. The maximum absolute atomic E-state index is 15.3. The largest absolute Gasteiger partial charge is 0.338 e. The average molecular weight is 561 g/mol. The molecule has 0 radical (unpaired) electrons. The van der Waals surface area contributed by atoms with Gasteiger partial charge in [0.1, 0.15) is 17.8 Å². The van der Waals surface area contributed by atoms with Gasteiger partial charge in [0.05, 0.1) is 16.8 Å². The van der Waals surface area contributed by atoms with Gasteiger partial charge in [-0.3, -0.25) is 4.79 Å². The van der Waals surface area contributed by atoms with Gasteiger partial charge < -0.3 is 9.88 Å². The standard InChI is InChI=1S/C26H19ClF2N10O/c27-17-3-5-18(38-13-31-35-36-38)22(23(17)28)15-10-16-2-4-19(39(16)21(40)12-15)26-33-24(25(29)34-26)14-6-8-30-20(11-14)37-9-1-7-32-37/h1,3,5-9,11-13,16,19H,2,4,10H2,(H,33,34)/t16-,19+/m1/s1. The van der Waals surface area contributed by atoms with Crippen molar-refractivity contribution in [2.24, 2.45) is 0 Å². The molecule has 11 nitrogen and oxygen atoms in total. The van der Waals surface area contributed by atoms with Crippen molar-refractivity contribution in [1.29, 1.82) is 0 Å². The molecule has 2 atom stereocenters. The highest BCUT2D eigenvalue weighted by Crippen LogP contribution is 2.44. The van der Waals surface area contributed by atoms with Crippen molar-refractivity contribution < 1.29 is 13.6 Å². The fourth-order valence-electron chi connectivity index (χ4n) is 5.53. The topological polar surface area (TPSA) is 123 Å². The Morgan fingerprint density at radius 2 is 2.00 bits per heavy atom. The molecule has 1 aromatic carbocycles. The molecule has 0 unspecified atom stereocenters. The monoisotopic (exact) mass is 560 g/mol. The van der Waals surface area contributed by atoms with Gasteiger partial charge in [0, 0.05) is 41.8 Å². The highest BCUT2D eigenvalue weighted by atomic mass is 35.5. The van der Waals surface area contributed by atoms with Crippen LogP contribution < -0.4 is 0 Å². The quantitative estimate of drug-likeness (QED) is 0.343. The molecule has 14 heteroatoms. The third kappa shape index (κ3) is 3.97. The Bertz CT molecular complexity index is 1770. The number of carbonyl (C=O) groups excluding carboxylic acids is 1. The molecule has 0 aliphatic carbocycles. The van der Waals surface area contributed by atoms with Gasteiger partial charge >= 0.3 is 0 Å². The number of hydrogen-bond acceptors (Lipinski definition) is 7. The number of halogens is 3. The fraction of sp³-hybridized carbons (Fsp3) is 0.192. The number of benzene rings is 1. The predicted octanol–water partition coefficient (Wildman–Crippen LogP) is 4.08. The zero-order valence-electron chi connectivity index (χ0n) is 20.6. The Morgan fingerprint density at radius 1 is 1.10 bits per heavy atom. The maximum Gasteiger partial charge on any atom is 0.247 e. The minimum absolute atomic E-state index is 0.0719. The summed E-state index contributed by atoms with van der Waals surface area (Å²) in [5.74, 6) is -0.776. The van der Waals surface area contributed by atoms with Crippen molar-refractivity contribution in [2.45, 2.75) is 31.3 Å². The lowest BCUT2D eigenvalue weighted by Gasteiger charge is -2.33. The molecule has 2 aliphatic heterocycles. The molecular formula is C26H19ClF2N10O. The zero-order chi connectivity index (χ0) is 27.4. The first-order chi connectivity index (χ1) is 19.5. The van der Waals surface area contributed by atoms with E-state index < -0.39 is 17.8 Å². The van der Waals surface area contributed by atoms with Gasteiger partial charge in [-0.1, -0.05) is 11.6 Å². The number of nitrogens with one attached hydrogen (secondary N) is 1. The molecule has 1 amide bonds. The van der Waals surface area contributed by atoms with E-state index in [4.69, 9.17) is 11.6 Å². The number of pyridine rings is 1. The van der Waals surface area contributed by atoms with Crippen LogP contribution in [-0.2, 0) is 4.79 Å². The van der Waals surface area contributed by atoms with Crippen LogP contribution in [0.25, 0.3) is 28.3 Å². The van der Waals surface area contributed by atoms with E-state index in [9.17, 15) is 4.79 Å². The number of tetrazole rings is 1. The van der Waals surface area contributed by atoms with E-state index in [1.807, 2.05) is 0 Å². The number of rotatable bonds is 5. The van der Waals surface area contributed by atoms with Gasteiger partial charge in [-0.2, -0.15) is 14.2 Å². The van der Waals surface area contributed by atoms with Crippen LogP contribution in [0.2, 0.25) is 5.02 Å². The van der Waals surface area contributed by atoms with Gasteiger partial charge in [-0.25, -0.2) is 19.0 Å². The molecular weight excluding hydrogens is 542 g/mol. The molecule has 1 fully saturated rings. The third-order valence-electron chi connectivity index (χ3n) is 7.27. The van der Waals surface area contributed by atoms with E-state index in [-0.39, 0.29) is 28.2 Å². The number of aromatic nitrogens is 9. The van der Waals surface area contributed by atoms with Crippen LogP contribution in [0.1, 0.15) is 36.7 Å². The van der Waals surface area contributed by atoms with E-state index in [2.05, 4.69) is 35.6 Å². The lowest BCUT2D eigenvalue weighted by molar-refractivity contribution is -0.129. The van der Waals surface area contributed by atoms with Gasteiger partial charge in [-0.15, -0.1) is 5.10 Å². The lowest BCUT2D eigenvalue weighted by Crippen LogP contribution is -2.39. The Labute approximate surface area is 230 Å². The molecule has 2 aliphatic rings. The Kier molecular flexibility index (Phi) is 5.73. The summed E-state index contributed by atoms with van der Waals surface area (Å²) in [6, 6.07) is 7.47. The minimum Gasteiger partial charge on any atom is -0.338 e. The summed E-state index contributed by atoms with van der Waals surface area (Å²) in [6.45, 7) is 0. The van der Waals surface area contributed by atoms with Crippen molar-refractivity contribution in [3.63, 3.8) is 0 Å². The van der Waals surface area contributed by atoms with E-state index in [0.717, 1.165) is 0 Å². The van der Waals surface area contributed by atoms with Crippen LogP contribution in [0.4, 0.5) is 8.78 Å². The highest BCUT2D eigenvalue weighted by molar-refractivity contribution is 6.31. The highest BCUT2D eigenvalue weighted by Gasteiger charge is 2.42. The fourth-order valence-corrected chi connectivity index (χ4v) is 5.68. The number of hydrogen-bond donors (Lipinski definition) is 1. The second-order valence-corrected chi connectivity index (χ2v) is 9.92. The number of imidazole rings is 1. The summed E-state index contributed by atoms with van der Waals surface area (Å²) in [7, 11) is 0. The van der Waals surface area contributed by atoms with Crippen LogP contribution >= 0.6 is 11.6 Å². The van der Waals surface area contributed by atoms with E-state index in [0.29, 0.717) is 47.7 Å². The summed E-state index contributed by atoms with van der Waals surface area (Å²) in [4.78, 5) is 26.7.